The van der Waals surface area contributed by atoms with Crippen LogP contribution in [-0.2, 0) is 0 Å². The Hall–Kier alpha value is -0.930. The Morgan fingerprint density at radius 2 is 1.88 bits per heavy atom. The van der Waals surface area contributed by atoms with Gasteiger partial charge in [0.25, 0.3) is 0 Å². The van der Waals surface area contributed by atoms with E-state index in [-0.39, 0.29) is 12.1 Å². The normalized spacial score (nSPS) is 14.9. The van der Waals surface area contributed by atoms with Gasteiger partial charge in [0.1, 0.15) is 0 Å². The summed E-state index contributed by atoms with van der Waals surface area (Å²) in [7, 11) is 0. The maximum Gasteiger partial charge on any atom is 0.0670 e. The fourth-order valence-corrected chi connectivity index (χ4v) is 2.30. The van der Waals surface area contributed by atoms with Gasteiger partial charge in [-0.3, -0.25) is 9.88 Å². The molecule has 0 aliphatic carbocycles. The highest BCUT2D eigenvalue weighted by atomic mass is 15.2. The fraction of sp³-hybridized carbons (Fsp3) is 0.643. The van der Waals surface area contributed by atoms with Crippen LogP contribution in [-0.4, -0.2) is 29.0 Å². The van der Waals surface area contributed by atoms with Crippen molar-refractivity contribution < 1.29 is 0 Å². The Kier molecular flexibility index (Phi) is 6.16. The van der Waals surface area contributed by atoms with Crippen molar-refractivity contribution in [3.63, 3.8) is 0 Å². The monoisotopic (exact) mass is 235 g/mol. The van der Waals surface area contributed by atoms with Crippen molar-refractivity contribution >= 4 is 0 Å². The van der Waals surface area contributed by atoms with E-state index in [1.807, 2.05) is 18.3 Å². The lowest BCUT2D eigenvalue weighted by Gasteiger charge is -2.33. The van der Waals surface area contributed by atoms with E-state index in [1.165, 1.54) is 0 Å². The first-order valence-electron chi connectivity index (χ1n) is 6.61. The van der Waals surface area contributed by atoms with Gasteiger partial charge in [0.15, 0.2) is 0 Å². The van der Waals surface area contributed by atoms with E-state index in [1.54, 1.807) is 0 Å². The maximum atomic E-state index is 6.15. The molecule has 17 heavy (non-hydrogen) atoms. The SMILES string of the molecule is CCCN(CCC)C(c1ccccn1)C(C)N. The van der Waals surface area contributed by atoms with Gasteiger partial charge >= 0.3 is 0 Å². The summed E-state index contributed by atoms with van der Waals surface area (Å²) in [5.74, 6) is 0. The van der Waals surface area contributed by atoms with Crippen molar-refractivity contribution in [1.82, 2.24) is 9.88 Å². The lowest BCUT2D eigenvalue weighted by atomic mass is 10.0. The Morgan fingerprint density at radius 3 is 2.29 bits per heavy atom. The molecule has 1 heterocycles. The fourth-order valence-electron chi connectivity index (χ4n) is 2.30. The average molecular weight is 235 g/mol. The predicted octanol–water partition coefficient (Wildman–Crippen LogP) is 2.59. The van der Waals surface area contributed by atoms with Crippen molar-refractivity contribution in [3.8, 4) is 0 Å². The second-order valence-electron chi connectivity index (χ2n) is 4.59. The van der Waals surface area contributed by atoms with Gasteiger partial charge in [-0.1, -0.05) is 19.9 Å². The van der Waals surface area contributed by atoms with Gasteiger partial charge in [-0.15, -0.1) is 0 Å². The van der Waals surface area contributed by atoms with E-state index in [0.717, 1.165) is 31.6 Å². The third kappa shape index (κ3) is 4.10. The van der Waals surface area contributed by atoms with E-state index >= 15 is 0 Å². The third-order valence-corrected chi connectivity index (χ3v) is 2.90. The average Bonchev–Trinajstić information content (AvgIpc) is 2.31. The van der Waals surface area contributed by atoms with Crippen LogP contribution in [0.1, 0.15) is 45.3 Å². The Labute approximate surface area is 105 Å². The van der Waals surface area contributed by atoms with E-state index in [4.69, 9.17) is 5.73 Å². The second-order valence-corrected chi connectivity index (χ2v) is 4.59. The molecule has 2 atom stereocenters. The van der Waals surface area contributed by atoms with Gasteiger partial charge in [0.05, 0.1) is 11.7 Å². The zero-order chi connectivity index (χ0) is 12.7. The van der Waals surface area contributed by atoms with Crippen LogP contribution in [0.15, 0.2) is 24.4 Å². The zero-order valence-electron chi connectivity index (χ0n) is 11.3. The molecule has 0 saturated carbocycles. The number of rotatable bonds is 7. The van der Waals surface area contributed by atoms with Gasteiger partial charge in [0.2, 0.25) is 0 Å². The van der Waals surface area contributed by atoms with Crippen LogP contribution >= 0.6 is 0 Å². The molecule has 0 amide bonds. The summed E-state index contributed by atoms with van der Waals surface area (Å²) >= 11 is 0. The van der Waals surface area contributed by atoms with Gasteiger partial charge in [-0.2, -0.15) is 0 Å². The molecule has 0 aliphatic heterocycles. The van der Waals surface area contributed by atoms with Crippen LogP contribution in [0.4, 0.5) is 0 Å². The van der Waals surface area contributed by atoms with Gasteiger partial charge in [-0.25, -0.2) is 0 Å². The Morgan fingerprint density at radius 1 is 1.24 bits per heavy atom. The highest BCUT2D eigenvalue weighted by Crippen LogP contribution is 2.22. The molecule has 1 aromatic heterocycles. The van der Waals surface area contributed by atoms with Crippen molar-refractivity contribution in [2.24, 2.45) is 5.73 Å². The van der Waals surface area contributed by atoms with E-state index in [0.29, 0.717) is 0 Å². The van der Waals surface area contributed by atoms with E-state index in [9.17, 15) is 0 Å². The molecule has 1 aromatic rings. The quantitative estimate of drug-likeness (QED) is 0.790. The second kappa shape index (κ2) is 7.41. The van der Waals surface area contributed by atoms with Crippen molar-refractivity contribution in [1.29, 1.82) is 0 Å². The van der Waals surface area contributed by atoms with Crippen LogP contribution in [0.3, 0.4) is 0 Å². The molecule has 3 heteroatoms. The molecule has 96 valence electrons. The van der Waals surface area contributed by atoms with Gasteiger partial charge < -0.3 is 5.73 Å². The minimum atomic E-state index is 0.1000. The Balaban J connectivity index is 2.90. The van der Waals surface area contributed by atoms with Crippen LogP contribution < -0.4 is 5.73 Å². The topological polar surface area (TPSA) is 42.2 Å². The number of pyridine rings is 1. The van der Waals surface area contributed by atoms with Crippen molar-refractivity contribution in [2.45, 2.75) is 45.7 Å². The van der Waals surface area contributed by atoms with E-state index in [2.05, 4.69) is 36.7 Å². The molecule has 0 bridgehead atoms. The molecule has 3 nitrogen and oxygen atoms in total. The smallest absolute Gasteiger partial charge is 0.0670 e. The molecule has 0 saturated heterocycles. The molecule has 0 radical (unpaired) electrons. The van der Waals surface area contributed by atoms with Crippen molar-refractivity contribution in [3.05, 3.63) is 30.1 Å². The van der Waals surface area contributed by atoms with E-state index < -0.39 is 0 Å². The standard InChI is InChI=1S/C14H25N3/c1-4-10-17(11-5-2)14(12(3)15)13-8-6-7-9-16-13/h6-9,12,14H,4-5,10-11,15H2,1-3H3. The Bertz CT molecular complexity index is 292. The number of nitrogens with zero attached hydrogens (tertiary/aromatic N) is 2. The van der Waals surface area contributed by atoms with Gasteiger partial charge in [-0.05, 0) is 45.0 Å². The molecule has 0 aliphatic rings. The van der Waals surface area contributed by atoms with Crippen molar-refractivity contribution in [2.75, 3.05) is 13.1 Å². The lowest BCUT2D eigenvalue weighted by molar-refractivity contribution is 0.173. The summed E-state index contributed by atoms with van der Waals surface area (Å²) in [6.45, 7) is 8.64. The predicted molar refractivity (Wildman–Crippen MR) is 72.8 cm³/mol. The van der Waals surface area contributed by atoms with Crippen LogP contribution in [0.25, 0.3) is 0 Å². The third-order valence-electron chi connectivity index (χ3n) is 2.90. The number of hydrogen-bond acceptors (Lipinski definition) is 3. The summed E-state index contributed by atoms with van der Waals surface area (Å²) in [4.78, 5) is 6.92. The summed E-state index contributed by atoms with van der Waals surface area (Å²) in [6.07, 6.45) is 4.15. The molecule has 0 fully saturated rings. The first kappa shape index (κ1) is 14.1. The largest absolute Gasteiger partial charge is 0.326 e. The number of hydrogen-bond donors (Lipinski definition) is 1. The summed E-state index contributed by atoms with van der Waals surface area (Å²) < 4.78 is 0. The lowest BCUT2D eigenvalue weighted by Crippen LogP contribution is -2.40. The molecule has 2 N–H and O–H groups in total. The maximum absolute atomic E-state index is 6.15. The molecule has 0 spiro atoms. The summed E-state index contributed by atoms with van der Waals surface area (Å²) in [6, 6.07) is 6.39. The number of aromatic nitrogens is 1. The van der Waals surface area contributed by atoms with Crippen LogP contribution in [0.5, 0.6) is 0 Å². The molecular weight excluding hydrogens is 210 g/mol. The first-order valence-corrected chi connectivity index (χ1v) is 6.61. The summed E-state index contributed by atoms with van der Waals surface area (Å²) in [5, 5.41) is 0. The number of nitrogens with two attached hydrogens (primary N) is 1. The minimum Gasteiger partial charge on any atom is -0.326 e. The first-order chi connectivity index (χ1) is 8.20. The minimum absolute atomic E-state index is 0.1000. The molecule has 2 unspecified atom stereocenters. The molecule has 1 rings (SSSR count). The zero-order valence-corrected chi connectivity index (χ0v) is 11.3. The summed E-state index contributed by atoms with van der Waals surface area (Å²) in [5.41, 5.74) is 7.24. The highest BCUT2D eigenvalue weighted by molar-refractivity contribution is 5.11. The molecule has 0 aromatic carbocycles. The van der Waals surface area contributed by atoms with Gasteiger partial charge in [0, 0.05) is 12.2 Å². The molecular formula is C14H25N3. The van der Waals surface area contributed by atoms with Crippen LogP contribution in [0, 0.1) is 0 Å². The van der Waals surface area contributed by atoms with Crippen LogP contribution in [0.2, 0.25) is 0 Å². The highest BCUT2D eigenvalue weighted by Gasteiger charge is 2.23.